The number of aryl methyl sites for hydroxylation is 1. The molecule has 0 aromatic heterocycles. The molecule has 2 heteroatoms. The van der Waals surface area contributed by atoms with Gasteiger partial charge in [-0.2, -0.15) is 0 Å². The first kappa shape index (κ1) is 14.2. The van der Waals surface area contributed by atoms with Gasteiger partial charge in [0.15, 0.2) is 0 Å². The molecule has 2 fully saturated rings. The molecule has 1 unspecified atom stereocenters. The summed E-state index contributed by atoms with van der Waals surface area (Å²) < 4.78 is 0. The van der Waals surface area contributed by atoms with E-state index in [1.807, 2.05) is 12.1 Å². The topological polar surface area (TPSA) is 40.5 Å². The zero-order valence-electron chi connectivity index (χ0n) is 13.2. The molecule has 5 atom stereocenters. The lowest BCUT2D eigenvalue weighted by molar-refractivity contribution is -0.0646. The summed E-state index contributed by atoms with van der Waals surface area (Å²) in [4.78, 5) is 0. The summed E-state index contributed by atoms with van der Waals surface area (Å²) in [5.74, 6) is 4.82. The third-order valence-corrected chi connectivity index (χ3v) is 7.10. The predicted octanol–water partition coefficient (Wildman–Crippen LogP) is 3.61. The molecule has 0 spiro atoms. The Kier molecular flexibility index (Phi) is 2.91. The number of phenolic OH excluding ortho intramolecular Hbond substituents is 1. The van der Waals surface area contributed by atoms with Crippen LogP contribution in [0.2, 0.25) is 0 Å². The van der Waals surface area contributed by atoms with Gasteiger partial charge in [-0.3, -0.25) is 0 Å². The highest BCUT2D eigenvalue weighted by atomic mass is 16.3. The number of aliphatic hydroxyl groups is 1. The molecule has 4 rings (SSSR count). The van der Waals surface area contributed by atoms with E-state index in [1.54, 1.807) is 0 Å². The quantitative estimate of drug-likeness (QED) is 0.718. The lowest BCUT2D eigenvalue weighted by Crippen LogP contribution is -2.50. The molecule has 2 nitrogen and oxygen atoms in total. The van der Waals surface area contributed by atoms with E-state index in [2.05, 4.69) is 18.9 Å². The largest absolute Gasteiger partial charge is 0.508 e. The van der Waals surface area contributed by atoms with E-state index in [-0.39, 0.29) is 5.41 Å². The van der Waals surface area contributed by atoms with Crippen LogP contribution in [-0.4, -0.2) is 15.8 Å². The van der Waals surface area contributed by atoms with Crippen molar-refractivity contribution in [2.45, 2.75) is 57.0 Å². The summed E-state index contributed by atoms with van der Waals surface area (Å²) in [5.41, 5.74) is 1.69. The number of terminal acetylenes is 1. The van der Waals surface area contributed by atoms with E-state index < -0.39 is 5.60 Å². The fourth-order valence-electron chi connectivity index (χ4n) is 5.82. The monoisotopic (exact) mass is 296 g/mol. The number of rotatable bonds is 0. The Morgan fingerprint density at radius 1 is 1.23 bits per heavy atom. The molecule has 3 aliphatic carbocycles. The number of hydrogen-bond donors (Lipinski definition) is 2. The summed E-state index contributed by atoms with van der Waals surface area (Å²) in [5, 5.41) is 20.6. The van der Waals surface area contributed by atoms with E-state index in [4.69, 9.17) is 6.42 Å². The molecule has 0 heterocycles. The third kappa shape index (κ3) is 1.66. The zero-order chi connectivity index (χ0) is 15.5. The summed E-state index contributed by atoms with van der Waals surface area (Å²) in [6.07, 6.45) is 11.8. The average Bonchev–Trinajstić information content (AvgIpc) is 2.79. The molecule has 0 aliphatic heterocycles. The summed E-state index contributed by atoms with van der Waals surface area (Å²) in [6, 6.07) is 5.87. The molecule has 3 aliphatic rings. The van der Waals surface area contributed by atoms with E-state index in [9.17, 15) is 10.2 Å². The van der Waals surface area contributed by atoms with Crippen molar-refractivity contribution < 1.29 is 10.2 Å². The van der Waals surface area contributed by atoms with Crippen LogP contribution in [0, 0.1) is 29.6 Å². The Morgan fingerprint density at radius 2 is 2.05 bits per heavy atom. The zero-order valence-corrected chi connectivity index (χ0v) is 13.2. The lowest BCUT2D eigenvalue weighted by Gasteiger charge is -2.52. The van der Waals surface area contributed by atoms with Crippen LogP contribution >= 0.6 is 0 Å². The van der Waals surface area contributed by atoms with Crippen molar-refractivity contribution in [1.82, 2.24) is 0 Å². The fraction of sp³-hybridized carbons (Fsp3) is 0.600. The van der Waals surface area contributed by atoms with Crippen LogP contribution in [0.25, 0.3) is 0 Å². The molecule has 22 heavy (non-hydrogen) atoms. The first-order valence-electron chi connectivity index (χ1n) is 8.50. The van der Waals surface area contributed by atoms with Crippen LogP contribution in [0.3, 0.4) is 0 Å². The van der Waals surface area contributed by atoms with Crippen molar-refractivity contribution in [3.8, 4) is 18.1 Å². The highest BCUT2D eigenvalue weighted by molar-refractivity contribution is 5.40. The maximum absolute atomic E-state index is 10.9. The molecule has 116 valence electrons. The molecule has 0 radical (unpaired) electrons. The van der Waals surface area contributed by atoms with Gasteiger partial charge in [0.2, 0.25) is 0 Å². The summed E-state index contributed by atoms with van der Waals surface area (Å²) in [7, 11) is 0. The number of fused-ring (bicyclic) bond motifs is 5. The second-order valence-corrected chi connectivity index (χ2v) is 7.80. The molecule has 2 saturated carbocycles. The van der Waals surface area contributed by atoms with Gasteiger partial charge in [-0.1, -0.05) is 18.9 Å². The van der Waals surface area contributed by atoms with Crippen molar-refractivity contribution in [3.63, 3.8) is 0 Å². The van der Waals surface area contributed by atoms with Crippen molar-refractivity contribution in [1.29, 1.82) is 0 Å². The van der Waals surface area contributed by atoms with Crippen LogP contribution in [0.5, 0.6) is 5.75 Å². The number of aromatic hydroxyl groups is 1. The molecule has 0 saturated heterocycles. The van der Waals surface area contributed by atoms with Crippen LogP contribution in [0.1, 0.15) is 56.1 Å². The lowest BCUT2D eigenvalue weighted by atomic mass is 9.53. The van der Waals surface area contributed by atoms with Crippen LogP contribution in [0.15, 0.2) is 18.2 Å². The van der Waals surface area contributed by atoms with Gasteiger partial charge >= 0.3 is 0 Å². The van der Waals surface area contributed by atoms with E-state index in [0.29, 0.717) is 23.5 Å². The van der Waals surface area contributed by atoms with Gasteiger partial charge in [-0.25, -0.2) is 0 Å². The van der Waals surface area contributed by atoms with E-state index in [1.165, 1.54) is 11.1 Å². The molecular weight excluding hydrogens is 272 g/mol. The Balaban J connectivity index is 1.72. The maximum Gasteiger partial charge on any atom is 0.130 e. The highest BCUT2D eigenvalue weighted by Crippen LogP contribution is 2.64. The minimum absolute atomic E-state index is 0.128. The van der Waals surface area contributed by atoms with E-state index in [0.717, 1.165) is 38.5 Å². The second-order valence-electron chi connectivity index (χ2n) is 7.80. The van der Waals surface area contributed by atoms with Crippen LogP contribution in [-0.2, 0) is 6.42 Å². The Bertz CT molecular complexity index is 658. The minimum Gasteiger partial charge on any atom is -0.508 e. The normalized spacial score (nSPS) is 42.9. The van der Waals surface area contributed by atoms with Crippen LogP contribution in [0.4, 0.5) is 0 Å². The predicted molar refractivity (Wildman–Crippen MR) is 86.5 cm³/mol. The van der Waals surface area contributed by atoms with Crippen molar-refractivity contribution in [2.24, 2.45) is 17.3 Å². The smallest absolute Gasteiger partial charge is 0.130 e. The average molecular weight is 296 g/mol. The van der Waals surface area contributed by atoms with Gasteiger partial charge in [-0.15, -0.1) is 6.42 Å². The Labute approximate surface area is 132 Å². The van der Waals surface area contributed by atoms with Gasteiger partial charge in [0, 0.05) is 5.41 Å². The van der Waals surface area contributed by atoms with Crippen molar-refractivity contribution in [2.75, 3.05) is 0 Å². The Hall–Kier alpha value is -1.46. The standard InChI is InChI=1S/C20H24O2/c1-3-20(22)11-9-18-17-6-4-13-12-14(21)5-7-15(13)16(17)8-10-19(18,20)2/h1,5,7,12,16-18,21-22H,4,6,8-11H2,2H3/t16-,17-,18+,19?,20+/m1/s1. The third-order valence-electron chi connectivity index (χ3n) is 7.10. The van der Waals surface area contributed by atoms with Crippen molar-refractivity contribution in [3.05, 3.63) is 29.3 Å². The first-order valence-corrected chi connectivity index (χ1v) is 8.50. The summed E-state index contributed by atoms with van der Waals surface area (Å²) in [6.45, 7) is 2.22. The molecule has 1 aromatic rings. The highest BCUT2D eigenvalue weighted by Gasteiger charge is 2.61. The minimum atomic E-state index is -0.919. The second kappa shape index (κ2) is 4.52. The summed E-state index contributed by atoms with van der Waals surface area (Å²) >= 11 is 0. The SMILES string of the molecule is C#C[C@]1(O)CC[C@H]2[C@@H]3CCc4cc(O)ccc4[C@H]3CCC21C. The molecule has 0 bridgehead atoms. The van der Waals surface area contributed by atoms with Gasteiger partial charge in [-0.05, 0) is 79.5 Å². The van der Waals surface area contributed by atoms with Gasteiger partial charge in [0.25, 0.3) is 0 Å². The van der Waals surface area contributed by atoms with Crippen LogP contribution < -0.4 is 0 Å². The van der Waals surface area contributed by atoms with Crippen molar-refractivity contribution >= 4 is 0 Å². The van der Waals surface area contributed by atoms with Gasteiger partial charge < -0.3 is 10.2 Å². The van der Waals surface area contributed by atoms with Gasteiger partial charge in [0.1, 0.15) is 11.4 Å². The first-order chi connectivity index (χ1) is 10.5. The molecule has 0 amide bonds. The molecule has 2 N–H and O–H groups in total. The maximum atomic E-state index is 10.9. The number of hydrogen-bond acceptors (Lipinski definition) is 2. The van der Waals surface area contributed by atoms with Gasteiger partial charge in [0.05, 0.1) is 0 Å². The number of benzene rings is 1. The number of phenols is 1. The Morgan fingerprint density at radius 3 is 2.82 bits per heavy atom. The molecular formula is C20H24O2. The fourth-order valence-corrected chi connectivity index (χ4v) is 5.82. The molecule has 1 aromatic carbocycles. The van der Waals surface area contributed by atoms with E-state index >= 15 is 0 Å².